The standard InChI is InChI=1S/C5H8O2/c1-2-5(3-6)4-7/h6-7H,1,3-4H2. The van der Waals surface area contributed by atoms with Gasteiger partial charge in [-0.25, -0.2) is 0 Å². The summed E-state index contributed by atoms with van der Waals surface area (Å²) in [7, 11) is 0. The molecule has 0 aromatic carbocycles. The van der Waals surface area contributed by atoms with E-state index in [4.69, 9.17) is 10.2 Å². The molecule has 0 bridgehead atoms. The monoisotopic (exact) mass is 100 g/mol. The summed E-state index contributed by atoms with van der Waals surface area (Å²) in [5.74, 6) is 0. The Hall–Kier alpha value is -0.560. The third-order valence-corrected chi connectivity index (χ3v) is 0.632. The lowest BCUT2D eigenvalue weighted by Crippen LogP contribution is -1.92. The summed E-state index contributed by atoms with van der Waals surface area (Å²) in [6, 6.07) is 0. The first-order valence-corrected chi connectivity index (χ1v) is 1.94. The van der Waals surface area contributed by atoms with Crippen molar-refractivity contribution in [2.75, 3.05) is 13.2 Å². The molecule has 0 amide bonds. The molecule has 2 heteroatoms. The van der Waals surface area contributed by atoms with Crippen LogP contribution in [0.4, 0.5) is 0 Å². The van der Waals surface area contributed by atoms with Gasteiger partial charge in [-0.05, 0) is 0 Å². The predicted octanol–water partition coefficient (Wildman–Crippen LogP) is -0.318. The second-order valence-electron chi connectivity index (χ2n) is 1.10. The van der Waals surface area contributed by atoms with Gasteiger partial charge in [0.2, 0.25) is 0 Å². The third-order valence-electron chi connectivity index (χ3n) is 0.632. The van der Waals surface area contributed by atoms with Crippen LogP contribution in [-0.2, 0) is 0 Å². The van der Waals surface area contributed by atoms with E-state index in [0.717, 1.165) is 0 Å². The normalized spacial score (nSPS) is 7.71. The Morgan fingerprint density at radius 2 is 1.86 bits per heavy atom. The molecule has 2 nitrogen and oxygen atoms in total. The minimum absolute atomic E-state index is 0.153. The van der Waals surface area contributed by atoms with Crippen molar-refractivity contribution in [2.24, 2.45) is 0 Å². The van der Waals surface area contributed by atoms with Crippen molar-refractivity contribution >= 4 is 0 Å². The van der Waals surface area contributed by atoms with E-state index in [1.165, 1.54) is 0 Å². The fourth-order valence-electron chi connectivity index (χ4n) is 0.162. The maximum atomic E-state index is 8.23. The molecule has 0 aliphatic heterocycles. The van der Waals surface area contributed by atoms with Gasteiger partial charge in [-0.2, -0.15) is 0 Å². The minimum Gasteiger partial charge on any atom is -0.391 e. The van der Waals surface area contributed by atoms with Crippen LogP contribution in [0, 0.1) is 0 Å². The van der Waals surface area contributed by atoms with Gasteiger partial charge in [0.25, 0.3) is 0 Å². The fraction of sp³-hybridized carbons (Fsp3) is 0.400. The van der Waals surface area contributed by atoms with Crippen molar-refractivity contribution < 1.29 is 10.2 Å². The molecule has 7 heavy (non-hydrogen) atoms. The van der Waals surface area contributed by atoms with E-state index in [9.17, 15) is 0 Å². The number of aliphatic hydroxyl groups is 2. The number of hydrogen-bond acceptors (Lipinski definition) is 2. The Morgan fingerprint density at radius 3 is 1.86 bits per heavy atom. The van der Waals surface area contributed by atoms with E-state index in [0.29, 0.717) is 5.57 Å². The van der Waals surface area contributed by atoms with E-state index >= 15 is 0 Å². The van der Waals surface area contributed by atoms with Crippen molar-refractivity contribution in [3.63, 3.8) is 0 Å². The van der Waals surface area contributed by atoms with E-state index in [1.54, 1.807) is 0 Å². The van der Waals surface area contributed by atoms with Crippen LogP contribution >= 0.6 is 0 Å². The van der Waals surface area contributed by atoms with E-state index < -0.39 is 0 Å². The summed E-state index contributed by atoms with van der Waals surface area (Å²) in [6.45, 7) is 2.92. The Kier molecular flexibility index (Phi) is 3.33. The van der Waals surface area contributed by atoms with Crippen LogP contribution in [0.25, 0.3) is 0 Å². The molecule has 0 aliphatic carbocycles. The highest BCUT2D eigenvalue weighted by molar-refractivity contribution is 4.97. The van der Waals surface area contributed by atoms with Crippen LogP contribution in [0.3, 0.4) is 0 Å². The molecule has 40 valence electrons. The lowest BCUT2D eigenvalue weighted by Gasteiger charge is -1.88. The van der Waals surface area contributed by atoms with Gasteiger partial charge in [-0.3, -0.25) is 0 Å². The summed E-state index contributed by atoms with van der Waals surface area (Å²) in [5.41, 5.74) is 2.80. The van der Waals surface area contributed by atoms with E-state index in [2.05, 4.69) is 12.3 Å². The van der Waals surface area contributed by atoms with E-state index in [1.807, 2.05) is 0 Å². The molecule has 0 radical (unpaired) electrons. The van der Waals surface area contributed by atoms with Gasteiger partial charge in [0.15, 0.2) is 0 Å². The van der Waals surface area contributed by atoms with Crippen LogP contribution in [-0.4, -0.2) is 23.4 Å². The van der Waals surface area contributed by atoms with Gasteiger partial charge in [0.1, 0.15) is 0 Å². The largest absolute Gasteiger partial charge is 0.391 e. The summed E-state index contributed by atoms with van der Waals surface area (Å²) in [6.07, 6.45) is 0. The lowest BCUT2D eigenvalue weighted by atomic mass is 10.3. The number of aliphatic hydroxyl groups excluding tert-OH is 2. The van der Waals surface area contributed by atoms with Gasteiger partial charge in [-0.1, -0.05) is 6.58 Å². The zero-order valence-corrected chi connectivity index (χ0v) is 4.02. The molecule has 0 aromatic rings. The molecule has 0 spiro atoms. The van der Waals surface area contributed by atoms with Gasteiger partial charge in [0, 0.05) is 5.57 Å². The van der Waals surface area contributed by atoms with Gasteiger partial charge < -0.3 is 10.2 Å². The zero-order chi connectivity index (χ0) is 5.70. The molecular formula is C5H8O2. The predicted molar refractivity (Wildman–Crippen MR) is 26.8 cm³/mol. The summed E-state index contributed by atoms with van der Waals surface area (Å²) in [5, 5.41) is 16.5. The first-order valence-electron chi connectivity index (χ1n) is 1.94. The summed E-state index contributed by atoms with van der Waals surface area (Å²) in [4.78, 5) is 0. The molecule has 0 unspecified atom stereocenters. The van der Waals surface area contributed by atoms with Crippen molar-refractivity contribution in [3.05, 3.63) is 17.9 Å². The van der Waals surface area contributed by atoms with Crippen molar-refractivity contribution in [1.82, 2.24) is 0 Å². The van der Waals surface area contributed by atoms with Crippen LogP contribution in [0.2, 0.25) is 0 Å². The van der Waals surface area contributed by atoms with Crippen LogP contribution < -0.4 is 0 Å². The average Bonchev–Trinajstić information content (AvgIpc) is 1.72. The third kappa shape index (κ3) is 2.18. The molecule has 0 aromatic heterocycles. The van der Waals surface area contributed by atoms with Gasteiger partial charge in [-0.15, -0.1) is 5.73 Å². The second-order valence-corrected chi connectivity index (χ2v) is 1.10. The molecule has 0 heterocycles. The van der Waals surface area contributed by atoms with Gasteiger partial charge >= 0.3 is 0 Å². The molecule has 0 fully saturated rings. The highest BCUT2D eigenvalue weighted by Crippen LogP contribution is 1.82. The molecule has 0 saturated heterocycles. The first kappa shape index (κ1) is 6.44. The molecule has 0 saturated carbocycles. The highest BCUT2D eigenvalue weighted by atomic mass is 16.3. The maximum absolute atomic E-state index is 8.23. The smallest absolute Gasteiger partial charge is 0.0738 e. The second kappa shape index (κ2) is 3.62. The Labute approximate surface area is 42.4 Å². The quantitative estimate of drug-likeness (QED) is 0.467. The molecule has 0 atom stereocenters. The number of rotatable bonds is 2. The highest BCUT2D eigenvalue weighted by Gasteiger charge is 1.84. The maximum Gasteiger partial charge on any atom is 0.0738 e. The minimum atomic E-state index is -0.153. The first-order chi connectivity index (χ1) is 3.35. The van der Waals surface area contributed by atoms with Crippen LogP contribution in [0.15, 0.2) is 17.9 Å². The molecule has 0 aliphatic rings. The molecular weight excluding hydrogens is 92.1 g/mol. The van der Waals surface area contributed by atoms with Crippen molar-refractivity contribution in [3.8, 4) is 0 Å². The molecule has 0 rings (SSSR count). The lowest BCUT2D eigenvalue weighted by molar-refractivity contribution is 0.277. The fourth-order valence-corrected chi connectivity index (χ4v) is 0.162. The molecule has 2 N–H and O–H groups in total. The van der Waals surface area contributed by atoms with Crippen molar-refractivity contribution in [2.45, 2.75) is 0 Å². The van der Waals surface area contributed by atoms with Gasteiger partial charge in [0.05, 0.1) is 13.2 Å². The summed E-state index contributed by atoms with van der Waals surface area (Å²) < 4.78 is 0. The average molecular weight is 100 g/mol. The SMILES string of the molecule is C=C=C(CO)CO. The van der Waals surface area contributed by atoms with Crippen LogP contribution in [0.5, 0.6) is 0 Å². The van der Waals surface area contributed by atoms with Crippen LogP contribution in [0.1, 0.15) is 0 Å². The zero-order valence-electron chi connectivity index (χ0n) is 4.02. The summed E-state index contributed by atoms with van der Waals surface area (Å²) >= 11 is 0. The Bertz CT molecular complexity index is 84.3. The topological polar surface area (TPSA) is 40.5 Å². The Morgan fingerprint density at radius 1 is 1.43 bits per heavy atom. The Balaban J connectivity index is 3.61. The van der Waals surface area contributed by atoms with Crippen molar-refractivity contribution in [1.29, 1.82) is 0 Å². The number of hydrogen-bond donors (Lipinski definition) is 2. The van der Waals surface area contributed by atoms with E-state index in [-0.39, 0.29) is 13.2 Å².